The summed E-state index contributed by atoms with van der Waals surface area (Å²) in [7, 11) is 0. The fourth-order valence-electron chi connectivity index (χ4n) is 1.44. The van der Waals surface area contributed by atoms with Crippen LogP contribution in [0.2, 0.25) is 0 Å². The standard InChI is InChI=1S/C12H14F3N.ClH/c1-8(2)6-11(16)9-4-3-5-10(7-9)12(13,14)15;/h3-5,7,11H,1,6,16H2,2H3;1H/t11-;/m1./s1. The summed E-state index contributed by atoms with van der Waals surface area (Å²) in [5, 5.41) is 0. The van der Waals surface area contributed by atoms with Gasteiger partial charge in [0, 0.05) is 6.04 Å². The van der Waals surface area contributed by atoms with Crippen molar-refractivity contribution in [2.24, 2.45) is 5.73 Å². The van der Waals surface area contributed by atoms with Crippen molar-refractivity contribution in [3.63, 3.8) is 0 Å². The predicted octanol–water partition coefficient (Wildman–Crippen LogP) is 4.09. The first-order valence-electron chi connectivity index (χ1n) is 4.88. The average Bonchev–Trinajstić information content (AvgIpc) is 2.15. The van der Waals surface area contributed by atoms with E-state index in [-0.39, 0.29) is 12.4 Å². The maximum atomic E-state index is 12.4. The number of hydrogen-bond donors (Lipinski definition) is 1. The lowest BCUT2D eigenvalue weighted by molar-refractivity contribution is -0.137. The summed E-state index contributed by atoms with van der Waals surface area (Å²) in [5.74, 6) is 0. The van der Waals surface area contributed by atoms with Crippen molar-refractivity contribution in [1.82, 2.24) is 0 Å². The van der Waals surface area contributed by atoms with Gasteiger partial charge in [-0.3, -0.25) is 0 Å². The van der Waals surface area contributed by atoms with Crippen LogP contribution >= 0.6 is 12.4 Å². The van der Waals surface area contributed by atoms with Crippen LogP contribution in [-0.2, 0) is 6.18 Å². The molecule has 0 heterocycles. The van der Waals surface area contributed by atoms with Gasteiger partial charge >= 0.3 is 6.18 Å². The third kappa shape index (κ3) is 4.79. The molecule has 1 atom stereocenters. The lowest BCUT2D eigenvalue weighted by Gasteiger charge is -2.14. The number of hydrogen-bond acceptors (Lipinski definition) is 1. The van der Waals surface area contributed by atoms with Gasteiger partial charge in [-0.05, 0) is 31.0 Å². The van der Waals surface area contributed by atoms with Gasteiger partial charge in [0.15, 0.2) is 0 Å². The van der Waals surface area contributed by atoms with Gasteiger partial charge in [-0.25, -0.2) is 0 Å². The van der Waals surface area contributed by atoms with Gasteiger partial charge in [-0.2, -0.15) is 13.2 Å². The number of halogens is 4. The molecule has 0 spiro atoms. The number of rotatable bonds is 3. The van der Waals surface area contributed by atoms with Crippen LogP contribution in [0.15, 0.2) is 36.4 Å². The molecule has 0 aliphatic rings. The van der Waals surface area contributed by atoms with Gasteiger partial charge < -0.3 is 5.73 Å². The highest BCUT2D eigenvalue weighted by atomic mass is 35.5. The molecule has 2 N–H and O–H groups in total. The first kappa shape index (κ1) is 16.0. The van der Waals surface area contributed by atoms with Gasteiger partial charge in [0.1, 0.15) is 0 Å². The highest BCUT2D eigenvalue weighted by molar-refractivity contribution is 5.85. The zero-order chi connectivity index (χ0) is 12.3. The maximum Gasteiger partial charge on any atom is 0.416 e. The van der Waals surface area contributed by atoms with Crippen molar-refractivity contribution in [3.05, 3.63) is 47.5 Å². The molecule has 0 saturated heterocycles. The summed E-state index contributed by atoms with van der Waals surface area (Å²) in [6, 6.07) is 4.67. The van der Waals surface area contributed by atoms with Crippen molar-refractivity contribution in [2.45, 2.75) is 25.6 Å². The third-order valence-electron chi connectivity index (χ3n) is 2.21. The van der Waals surface area contributed by atoms with Crippen molar-refractivity contribution in [2.75, 3.05) is 0 Å². The molecule has 1 aromatic rings. The van der Waals surface area contributed by atoms with E-state index in [1.54, 1.807) is 13.0 Å². The molecule has 96 valence electrons. The fraction of sp³-hybridized carbons (Fsp3) is 0.333. The zero-order valence-corrected chi connectivity index (χ0v) is 10.2. The Balaban J connectivity index is 0.00000256. The van der Waals surface area contributed by atoms with Crippen LogP contribution in [0.1, 0.15) is 30.5 Å². The first-order chi connectivity index (χ1) is 7.30. The largest absolute Gasteiger partial charge is 0.416 e. The van der Waals surface area contributed by atoms with Crippen LogP contribution in [0.25, 0.3) is 0 Å². The zero-order valence-electron chi connectivity index (χ0n) is 9.42. The van der Waals surface area contributed by atoms with Gasteiger partial charge in [-0.15, -0.1) is 19.0 Å². The van der Waals surface area contributed by atoms with Crippen LogP contribution in [0.4, 0.5) is 13.2 Å². The normalized spacial score (nSPS) is 12.8. The molecule has 0 fully saturated rings. The second-order valence-electron chi connectivity index (χ2n) is 3.89. The topological polar surface area (TPSA) is 26.0 Å². The van der Waals surface area contributed by atoms with Gasteiger partial charge in [-0.1, -0.05) is 17.7 Å². The maximum absolute atomic E-state index is 12.4. The Morgan fingerprint density at radius 2 is 2.00 bits per heavy atom. The molecule has 0 radical (unpaired) electrons. The molecule has 1 aromatic carbocycles. The molecule has 0 amide bonds. The Kier molecular flexibility index (Phi) is 5.72. The molecule has 1 nitrogen and oxygen atoms in total. The summed E-state index contributed by atoms with van der Waals surface area (Å²) >= 11 is 0. The van der Waals surface area contributed by atoms with E-state index in [9.17, 15) is 13.2 Å². The Bertz CT molecular complexity index is 388. The fourth-order valence-corrected chi connectivity index (χ4v) is 1.44. The molecule has 0 aliphatic carbocycles. The van der Waals surface area contributed by atoms with Gasteiger partial charge in [0.2, 0.25) is 0 Å². The lowest BCUT2D eigenvalue weighted by Crippen LogP contribution is -2.12. The summed E-state index contributed by atoms with van der Waals surface area (Å²) in [6.45, 7) is 5.49. The van der Waals surface area contributed by atoms with Crippen LogP contribution in [-0.4, -0.2) is 0 Å². The SMILES string of the molecule is C=C(C)C[C@@H](N)c1cccc(C(F)(F)F)c1.Cl. The predicted molar refractivity (Wildman–Crippen MR) is 65.1 cm³/mol. The Hall–Kier alpha value is -1.00. The average molecular weight is 266 g/mol. The molecule has 0 bridgehead atoms. The third-order valence-corrected chi connectivity index (χ3v) is 2.21. The second-order valence-corrected chi connectivity index (χ2v) is 3.89. The minimum Gasteiger partial charge on any atom is -0.324 e. The van der Waals surface area contributed by atoms with E-state index in [4.69, 9.17) is 5.73 Å². The number of benzene rings is 1. The molecule has 0 aliphatic heterocycles. The van der Waals surface area contributed by atoms with E-state index < -0.39 is 17.8 Å². The highest BCUT2D eigenvalue weighted by Crippen LogP contribution is 2.31. The van der Waals surface area contributed by atoms with Crippen molar-refractivity contribution in [1.29, 1.82) is 0 Å². The van der Waals surface area contributed by atoms with E-state index in [2.05, 4.69) is 6.58 Å². The highest BCUT2D eigenvalue weighted by Gasteiger charge is 2.30. The van der Waals surface area contributed by atoms with Crippen molar-refractivity contribution in [3.8, 4) is 0 Å². The molecule has 17 heavy (non-hydrogen) atoms. The Labute approximate surface area is 105 Å². The molecular weight excluding hydrogens is 251 g/mol. The van der Waals surface area contributed by atoms with E-state index in [1.165, 1.54) is 6.07 Å². The number of nitrogens with two attached hydrogens (primary N) is 1. The Morgan fingerprint density at radius 3 is 2.47 bits per heavy atom. The van der Waals surface area contributed by atoms with E-state index in [1.807, 2.05) is 0 Å². The van der Waals surface area contributed by atoms with Gasteiger partial charge in [0.25, 0.3) is 0 Å². The van der Waals surface area contributed by atoms with Crippen LogP contribution in [0.3, 0.4) is 0 Å². The minimum atomic E-state index is -4.32. The molecular formula is C12H15ClF3N. The van der Waals surface area contributed by atoms with Crippen LogP contribution < -0.4 is 5.73 Å². The summed E-state index contributed by atoms with van der Waals surface area (Å²) < 4.78 is 37.3. The molecule has 0 aromatic heterocycles. The monoisotopic (exact) mass is 265 g/mol. The second kappa shape index (κ2) is 6.07. The lowest BCUT2D eigenvalue weighted by atomic mass is 9.99. The quantitative estimate of drug-likeness (QED) is 0.819. The molecule has 1 rings (SSSR count). The summed E-state index contributed by atoms with van der Waals surface area (Å²) in [4.78, 5) is 0. The van der Waals surface area contributed by atoms with E-state index >= 15 is 0 Å². The summed E-state index contributed by atoms with van der Waals surface area (Å²) in [6.07, 6.45) is -3.83. The van der Waals surface area contributed by atoms with Crippen molar-refractivity contribution < 1.29 is 13.2 Å². The van der Waals surface area contributed by atoms with Crippen LogP contribution in [0.5, 0.6) is 0 Å². The van der Waals surface area contributed by atoms with E-state index in [0.29, 0.717) is 12.0 Å². The smallest absolute Gasteiger partial charge is 0.324 e. The van der Waals surface area contributed by atoms with Crippen molar-refractivity contribution >= 4 is 12.4 Å². The Morgan fingerprint density at radius 1 is 1.41 bits per heavy atom. The minimum absolute atomic E-state index is 0. The van der Waals surface area contributed by atoms with E-state index in [0.717, 1.165) is 17.7 Å². The number of alkyl halides is 3. The van der Waals surface area contributed by atoms with Gasteiger partial charge in [0.05, 0.1) is 5.56 Å². The first-order valence-corrected chi connectivity index (χ1v) is 4.88. The molecule has 0 saturated carbocycles. The van der Waals surface area contributed by atoms with Crippen LogP contribution in [0, 0.1) is 0 Å². The summed E-state index contributed by atoms with van der Waals surface area (Å²) in [5.41, 5.74) is 6.45. The molecule has 5 heteroatoms. The molecule has 0 unspecified atom stereocenters.